The summed E-state index contributed by atoms with van der Waals surface area (Å²) in [6.45, 7) is 4.37. The summed E-state index contributed by atoms with van der Waals surface area (Å²) >= 11 is 0. The summed E-state index contributed by atoms with van der Waals surface area (Å²) in [6.07, 6.45) is 11.3. The first kappa shape index (κ1) is 16.9. The highest BCUT2D eigenvalue weighted by Gasteiger charge is 2.14. The molecule has 0 aliphatic rings. The second-order valence-corrected chi connectivity index (χ2v) is 5.19. The minimum atomic E-state index is -0.503. The van der Waals surface area contributed by atoms with Crippen LogP contribution in [0.25, 0.3) is 0 Å². The first-order valence-corrected chi connectivity index (χ1v) is 7.58. The van der Waals surface area contributed by atoms with E-state index in [9.17, 15) is 10.2 Å². The molecule has 0 aromatic heterocycles. The van der Waals surface area contributed by atoms with Crippen LogP contribution in [0, 0.1) is 0 Å². The van der Waals surface area contributed by atoms with Crippen molar-refractivity contribution in [3.8, 4) is 0 Å². The van der Waals surface area contributed by atoms with Gasteiger partial charge < -0.3 is 10.2 Å². The Balaban J connectivity index is 3.34. The van der Waals surface area contributed by atoms with Crippen LogP contribution >= 0.6 is 0 Å². The largest absolute Gasteiger partial charge is 0.390 e. The molecule has 17 heavy (non-hydrogen) atoms. The fraction of sp³-hybridized carbons (Fsp3) is 1.00. The Labute approximate surface area is 107 Å². The Morgan fingerprint density at radius 2 is 0.941 bits per heavy atom. The predicted octanol–water partition coefficient (Wildman–Crippen LogP) is 4.04. The predicted molar refractivity (Wildman–Crippen MR) is 74.1 cm³/mol. The molecule has 2 atom stereocenters. The van der Waals surface area contributed by atoms with Gasteiger partial charge in [0.15, 0.2) is 0 Å². The van der Waals surface area contributed by atoms with Crippen LogP contribution in [-0.2, 0) is 0 Å². The van der Waals surface area contributed by atoms with Gasteiger partial charge >= 0.3 is 0 Å². The highest BCUT2D eigenvalue weighted by Crippen LogP contribution is 2.13. The van der Waals surface area contributed by atoms with Crippen LogP contribution in [0.3, 0.4) is 0 Å². The summed E-state index contributed by atoms with van der Waals surface area (Å²) in [6, 6.07) is 0. The second kappa shape index (κ2) is 12.4. The number of rotatable bonds is 12. The molecule has 0 aliphatic carbocycles. The van der Waals surface area contributed by atoms with E-state index >= 15 is 0 Å². The summed E-state index contributed by atoms with van der Waals surface area (Å²) in [5, 5.41) is 19.5. The lowest BCUT2D eigenvalue weighted by molar-refractivity contribution is 0.00718. The number of unbranched alkanes of at least 4 members (excludes halogenated alkanes) is 7. The van der Waals surface area contributed by atoms with E-state index in [0.717, 1.165) is 32.1 Å². The average Bonchev–Trinajstić information content (AvgIpc) is 2.33. The van der Waals surface area contributed by atoms with Gasteiger partial charge in [-0.05, 0) is 12.8 Å². The fourth-order valence-electron chi connectivity index (χ4n) is 2.12. The smallest absolute Gasteiger partial charge is 0.0799 e. The minimum absolute atomic E-state index is 0.502. The van der Waals surface area contributed by atoms with Gasteiger partial charge in [-0.3, -0.25) is 0 Å². The van der Waals surface area contributed by atoms with E-state index in [2.05, 4.69) is 13.8 Å². The molecule has 0 saturated heterocycles. The van der Waals surface area contributed by atoms with Gasteiger partial charge in [0.1, 0.15) is 0 Å². The van der Waals surface area contributed by atoms with Crippen molar-refractivity contribution in [3.63, 3.8) is 0 Å². The molecule has 2 unspecified atom stereocenters. The van der Waals surface area contributed by atoms with Crippen LogP contribution in [0.5, 0.6) is 0 Å². The molecule has 0 spiro atoms. The molecule has 0 aromatic carbocycles. The number of aliphatic hydroxyl groups excluding tert-OH is 2. The third-order valence-electron chi connectivity index (χ3n) is 3.40. The molecule has 0 amide bonds. The van der Waals surface area contributed by atoms with E-state index in [1.165, 1.54) is 38.5 Å². The first-order chi connectivity index (χ1) is 8.22. The summed E-state index contributed by atoms with van der Waals surface area (Å²) in [4.78, 5) is 0. The van der Waals surface area contributed by atoms with E-state index in [0.29, 0.717) is 0 Å². The molecule has 0 radical (unpaired) electrons. The quantitative estimate of drug-likeness (QED) is 0.509. The van der Waals surface area contributed by atoms with Crippen molar-refractivity contribution < 1.29 is 10.2 Å². The van der Waals surface area contributed by atoms with Gasteiger partial charge in [0.05, 0.1) is 12.2 Å². The molecule has 0 heterocycles. The lowest BCUT2D eigenvalue weighted by Crippen LogP contribution is -2.25. The molecule has 104 valence electrons. The Bertz CT molecular complexity index is 148. The van der Waals surface area contributed by atoms with Gasteiger partial charge in [0.2, 0.25) is 0 Å². The van der Waals surface area contributed by atoms with Gasteiger partial charge in [-0.2, -0.15) is 0 Å². The first-order valence-electron chi connectivity index (χ1n) is 7.58. The van der Waals surface area contributed by atoms with Crippen molar-refractivity contribution >= 4 is 0 Å². The molecule has 2 nitrogen and oxygen atoms in total. The zero-order chi connectivity index (χ0) is 12.9. The van der Waals surface area contributed by atoms with Crippen molar-refractivity contribution in [2.45, 2.75) is 96.7 Å². The fourth-order valence-corrected chi connectivity index (χ4v) is 2.12. The van der Waals surface area contributed by atoms with E-state index in [1.54, 1.807) is 0 Å². The molecule has 2 heteroatoms. The highest BCUT2D eigenvalue weighted by atomic mass is 16.3. The van der Waals surface area contributed by atoms with E-state index in [4.69, 9.17) is 0 Å². The molecule has 0 fully saturated rings. The number of aliphatic hydroxyl groups is 2. The SMILES string of the molecule is CCCCCCCCC(O)C(O)CCCCC. The van der Waals surface area contributed by atoms with Crippen LogP contribution in [0.2, 0.25) is 0 Å². The number of hydrogen-bond acceptors (Lipinski definition) is 2. The Kier molecular flexibility index (Phi) is 12.3. The van der Waals surface area contributed by atoms with Gasteiger partial charge in [-0.1, -0.05) is 71.6 Å². The molecule has 0 rings (SSSR count). The van der Waals surface area contributed by atoms with Crippen LogP contribution in [0.1, 0.15) is 84.5 Å². The van der Waals surface area contributed by atoms with E-state index in [-0.39, 0.29) is 0 Å². The maximum atomic E-state index is 9.77. The molecule has 0 aliphatic heterocycles. The minimum Gasteiger partial charge on any atom is -0.390 e. The molecule has 0 aromatic rings. The van der Waals surface area contributed by atoms with Gasteiger partial charge in [0, 0.05) is 0 Å². The average molecular weight is 244 g/mol. The molecule has 0 saturated carbocycles. The molecular formula is C15H32O2. The second-order valence-electron chi connectivity index (χ2n) is 5.19. The van der Waals surface area contributed by atoms with E-state index < -0.39 is 12.2 Å². The summed E-state index contributed by atoms with van der Waals surface area (Å²) < 4.78 is 0. The Morgan fingerprint density at radius 1 is 0.588 bits per heavy atom. The summed E-state index contributed by atoms with van der Waals surface area (Å²) in [7, 11) is 0. The van der Waals surface area contributed by atoms with Gasteiger partial charge in [0.25, 0.3) is 0 Å². The maximum absolute atomic E-state index is 9.77. The Hall–Kier alpha value is -0.0800. The van der Waals surface area contributed by atoms with Crippen molar-refractivity contribution in [3.05, 3.63) is 0 Å². The van der Waals surface area contributed by atoms with Gasteiger partial charge in [-0.25, -0.2) is 0 Å². The lowest BCUT2D eigenvalue weighted by Gasteiger charge is -2.17. The standard InChI is InChI=1S/C15H32O2/c1-3-5-7-8-9-11-13-15(17)14(16)12-10-6-4-2/h14-17H,3-13H2,1-2H3. The zero-order valence-electron chi connectivity index (χ0n) is 11.8. The third-order valence-corrected chi connectivity index (χ3v) is 3.40. The molecule has 0 bridgehead atoms. The maximum Gasteiger partial charge on any atom is 0.0799 e. The van der Waals surface area contributed by atoms with Crippen LogP contribution < -0.4 is 0 Å². The van der Waals surface area contributed by atoms with Crippen LogP contribution in [-0.4, -0.2) is 22.4 Å². The highest BCUT2D eigenvalue weighted by molar-refractivity contribution is 4.67. The van der Waals surface area contributed by atoms with Crippen molar-refractivity contribution in [2.75, 3.05) is 0 Å². The van der Waals surface area contributed by atoms with Crippen molar-refractivity contribution in [1.29, 1.82) is 0 Å². The normalized spacial score (nSPS) is 14.8. The number of hydrogen-bond donors (Lipinski definition) is 2. The summed E-state index contributed by atoms with van der Waals surface area (Å²) in [5.74, 6) is 0. The third kappa shape index (κ3) is 10.8. The molecule has 2 N–H and O–H groups in total. The summed E-state index contributed by atoms with van der Waals surface area (Å²) in [5.41, 5.74) is 0. The lowest BCUT2D eigenvalue weighted by atomic mass is 10.0. The van der Waals surface area contributed by atoms with Crippen molar-refractivity contribution in [1.82, 2.24) is 0 Å². The topological polar surface area (TPSA) is 40.5 Å². The Morgan fingerprint density at radius 3 is 1.47 bits per heavy atom. The molecular weight excluding hydrogens is 212 g/mol. The van der Waals surface area contributed by atoms with Crippen LogP contribution in [0.4, 0.5) is 0 Å². The van der Waals surface area contributed by atoms with E-state index in [1.807, 2.05) is 0 Å². The van der Waals surface area contributed by atoms with Gasteiger partial charge in [-0.15, -0.1) is 0 Å². The zero-order valence-corrected chi connectivity index (χ0v) is 11.8. The monoisotopic (exact) mass is 244 g/mol. The van der Waals surface area contributed by atoms with Crippen LogP contribution in [0.15, 0.2) is 0 Å². The van der Waals surface area contributed by atoms with Crippen molar-refractivity contribution in [2.24, 2.45) is 0 Å².